The Labute approximate surface area is 193 Å². The van der Waals surface area contributed by atoms with Crippen molar-refractivity contribution < 1.29 is 4.79 Å². The van der Waals surface area contributed by atoms with Gasteiger partial charge in [0.05, 0.1) is 10.7 Å². The van der Waals surface area contributed by atoms with Crippen LogP contribution in [-0.2, 0) is 25.8 Å². The number of aromatic nitrogens is 3. The summed E-state index contributed by atoms with van der Waals surface area (Å²) in [5.41, 5.74) is 5.37. The van der Waals surface area contributed by atoms with Crippen molar-refractivity contribution in [2.75, 3.05) is 19.6 Å². The molecule has 5 rings (SSSR count). The molecule has 0 unspecified atom stereocenters. The van der Waals surface area contributed by atoms with Crippen LogP contribution in [0.25, 0.3) is 11.3 Å². The number of rotatable bonds is 7. The number of hydrogen-bond donors (Lipinski definition) is 1. The van der Waals surface area contributed by atoms with Gasteiger partial charge in [0.15, 0.2) is 5.69 Å². The van der Waals surface area contributed by atoms with Gasteiger partial charge in [-0.25, -0.2) is 4.98 Å². The molecular formula is C25H31N5OS. The minimum atomic E-state index is 0.128. The van der Waals surface area contributed by atoms with Crippen molar-refractivity contribution in [1.29, 1.82) is 0 Å². The van der Waals surface area contributed by atoms with Crippen LogP contribution in [0.3, 0.4) is 0 Å². The van der Waals surface area contributed by atoms with Crippen molar-refractivity contribution in [1.82, 2.24) is 25.0 Å². The van der Waals surface area contributed by atoms with Crippen LogP contribution in [0.1, 0.15) is 52.9 Å². The van der Waals surface area contributed by atoms with Gasteiger partial charge in [0, 0.05) is 60.8 Å². The van der Waals surface area contributed by atoms with Gasteiger partial charge >= 0.3 is 0 Å². The van der Waals surface area contributed by atoms with Crippen molar-refractivity contribution in [3.05, 3.63) is 57.7 Å². The van der Waals surface area contributed by atoms with E-state index < -0.39 is 0 Å². The molecule has 3 heterocycles. The van der Waals surface area contributed by atoms with Gasteiger partial charge in [0.25, 0.3) is 5.91 Å². The molecule has 1 aliphatic heterocycles. The molecule has 32 heavy (non-hydrogen) atoms. The van der Waals surface area contributed by atoms with Crippen LogP contribution < -0.4 is 5.32 Å². The van der Waals surface area contributed by atoms with Gasteiger partial charge in [-0.15, -0.1) is 11.3 Å². The minimum absolute atomic E-state index is 0.128. The minimum Gasteiger partial charge on any atom is -0.337 e. The van der Waals surface area contributed by atoms with Crippen molar-refractivity contribution in [2.24, 2.45) is 0 Å². The number of benzene rings is 1. The maximum atomic E-state index is 13.1. The summed E-state index contributed by atoms with van der Waals surface area (Å²) in [6, 6.07) is 10.7. The zero-order valence-corrected chi connectivity index (χ0v) is 19.5. The highest BCUT2D eigenvalue weighted by Crippen LogP contribution is 2.27. The lowest BCUT2D eigenvalue weighted by atomic mass is 9.91. The molecule has 1 aliphatic carbocycles. The molecule has 2 aliphatic rings. The van der Waals surface area contributed by atoms with E-state index in [0.717, 1.165) is 75.4 Å². The standard InChI is InChI=1S/C25H31N5OS/c1-2-30-22-11-10-19(16-20(22)24(28-30)25(31)29-14-6-7-15-29)26-13-12-23-27-21(17-32-23)18-8-4-3-5-9-18/h3-5,8-9,17,19,26H,2,6-7,10-16H2,1H3/t19-/m1/s1. The first-order chi connectivity index (χ1) is 15.7. The van der Waals surface area contributed by atoms with E-state index in [1.165, 1.54) is 16.8 Å². The van der Waals surface area contributed by atoms with Crippen molar-refractivity contribution in [3.8, 4) is 11.3 Å². The van der Waals surface area contributed by atoms with Crippen molar-refractivity contribution in [3.63, 3.8) is 0 Å². The number of nitrogens with one attached hydrogen (secondary N) is 1. The van der Waals surface area contributed by atoms with E-state index in [-0.39, 0.29) is 5.91 Å². The molecule has 3 aromatic rings. The molecule has 1 saturated heterocycles. The van der Waals surface area contributed by atoms with Gasteiger partial charge in [-0.3, -0.25) is 9.48 Å². The van der Waals surface area contributed by atoms with E-state index in [0.29, 0.717) is 11.7 Å². The summed E-state index contributed by atoms with van der Waals surface area (Å²) in [5, 5.41) is 11.8. The highest BCUT2D eigenvalue weighted by Gasteiger charge is 2.31. The lowest BCUT2D eigenvalue weighted by Gasteiger charge is -2.25. The summed E-state index contributed by atoms with van der Waals surface area (Å²) in [4.78, 5) is 19.9. The van der Waals surface area contributed by atoms with Gasteiger partial charge in [0.1, 0.15) is 0 Å². The quantitative estimate of drug-likeness (QED) is 0.593. The number of thiazole rings is 1. The first kappa shape index (κ1) is 21.3. The van der Waals surface area contributed by atoms with Gasteiger partial charge in [-0.1, -0.05) is 30.3 Å². The second-order valence-electron chi connectivity index (χ2n) is 8.73. The summed E-state index contributed by atoms with van der Waals surface area (Å²) >= 11 is 1.73. The average molecular weight is 450 g/mol. The fourth-order valence-electron chi connectivity index (χ4n) is 4.92. The van der Waals surface area contributed by atoms with Crippen LogP contribution >= 0.6 is 11.3 Å². The van der Waals surface area contributed by atoms with Crippen molar-refractivity contribution >= 4 is 17.2 Å². The van der Waals surface area contributed by atoms with E-state index in [9.17, 15) is 4.79 Å². The number of likely N-dealkylation sites (tertiary alicyclic amines) is 1. The predicted molar refractivity (Wildman–Crippen MR) is 128 cm³/mol. The fraction of sp³-hybridized carbons (Fsp3) is 0.480. The third-order valence-corrected chi connectivity index (χ3v) is 7.54. The Hall–Kier alpha value is -2.51. The number of aryl methyl sites for hydroxylation is 1. The Balaban J connectivity index is 1.21. The highest BCUT2D eigenvalue weighted by molar-refractivity contribution is 7.09. The van der Waals surface area contributed by atoms with E-state index in [4.69, 9.17) is 10.1 Å². The predicted octanol–water partition coefficient (Wildman–Crippen LogP) is 3.95. The Morgan fingerprint density at radius 3 is 2.81 bits per heavy atom. The third-order valence-electron chi connectivity index (χ3n) is 6.64. The zero-order chi connectivity index (χ0) is 21.9. The molecule has 0 spiro atoms. The van der Waals surface area contributed by atoms with Crippen LogP contribution in [-0.4, -0.2) is 51.2 Å². The third kappa shape index (κ3) is 4.36. The molecule has 0 bridgehead atoms. The van der Waals surface area contributed by atoms with Crippen LogP contribution in [0.2, 0.25) is 0 Å². The molecule has 1 fully saturated rings. The van der Waals surface area contributed by atoms with Gasteiger partial charge in [-0.2, -0.15) is 5.10 Å². The van der Waals surface area contributed by atoms with Gasteiger partial charge < -0.3 is 10.2 Å². The summed E-state index contributed by atoms with van der Waals surface area (Å²) in [5.74, 6) is 0.128. The number of amides is 1. The van der Waals surface area contributed by atoms with Gasteiger partial charge in [-0.05, 0) is 39.0 Å². The molecule has 2 aromatic heterocycles. The molecule has 168 valence electrons. The lowest BCUT2D eigenvalue weighted by molar-refractivity contribution is 0.0785. The smallest absolute Gasteiger partial charge is 0.274 e. The van der Waals surface area contributed by atoms with Crippen LogP contribution in [0.5, 0.6) is 0 Å². The molecule has 1 atom stereocenters. The van der Waals surface area contributed by atoms with Crippen LogP contribution in [0, 0.1) is 0 Å². The zero-order valence-electron chi connectivity index (χ0n) is 18.7. The normalized spacial score (nSPS) is 18.2. The molecule has 7 heteroatoms. The fourth-order valence-corrected chi connectivity index (χ4v) is 5.72. The molecule has 0 radical (unpaired) electrons. The molecule has 0 saturated carbocycles. The molecule has 1 N–H and O–H groups in total. The molecule has 1 aromatic carbocycles. The van der Waals surface area contributed by atoms with Crippen LogP contribution in [0.4, 0.5) is 0 Å². The monoisotopic (exact) mass is 449 g/mol. The Morgan fingerprint density at radius 1 is 1.22 bits per heavy atom. The number of nitrogens with zero attached hydrogens (tertiary/aromatic N) is 4. The SMILES string of the molecule is CCn1nc(C(=O)N2CCCC2)c2c1CC[C@@H](NCCc1nc(-c3ccccc3)cs1)C2. The molecular weight excluding hydrogens is 418 g/mol. The summed E-state index contributed by atoms with van der Waals surface area (Å²) in [7, 11) is 0. The van der Waals surface area contributed by atoms with E-state index in [1.54, 1.807) is 11.3 Å². The first-order valence-corrected chi connectivity index (χ1v) is 12.7. The van der Waals surface area contributed by atoms with E-state index >= 15 is 0 Å². The topological polar surface area (TPSA) is 63.1 Å². The van der Waals surface area contributed by atoms with E-state index in [2.05, 4.69) is 46.6 Å². The number of carbonyl (C=O) groups excluding carboxylic acids is 1. The van der Waals surface area contributed by atoms with Gasteiger partial charge in [0.2, 0.25) is 0 Å². The van der Waals surface area contributed by atoms with E-state index in [1.807, 2.05) is 11.0 Å². The van der Waals surface area contributed by atoms with Crippen molar-refractivity contribution in [2.45, 2.75) is 58.0 Å². The second-order valence-corrected chi connectivity index (χ2v) is 9.67. The number of fused-ring (bicyclic) bond motifs is 1. The summed E-state index contributed by atoms with van der Waals surface area (Å²) in [6.45, 7) is 5.57. The number of hydrogen-bond acceptors (Lipinski definition) is 5. The Kier molecular flexibility index (Phi) is 6.37. The maximum Gasteiger partial charge on any atom is 0.274 e. The first-order valence-electron chi connectivity index (χ1n) is 11.8. The highest BCUT2D eigenvalue weighted by atomic mass is 32.1. The van der Waals surface area contributed by atoms with Crippen LogP contribution in [0.15, 0.2) is 35.7 Å². The summed E-state index contributed by atoms with van der Waals surface area (Å²) in [6.07, 6.45) is 6.09. The lowest BCUT2D eigenvalue weighted by Crippen LogP contribution is -2.37. The Morgan fingerprint density at radius 2 is 2.03 bits per heavy atom. The average Bonchev–Trinajstić information content (AvgIpc) is 3.59. The number of carbonyl (C=O) groups is 1. The largest absolute Gasteiger partial charge is 0.337 e. The molecule has 6 nitrogen and oxygen atoms in total. The Bertz CT molecular complexity index is 1070. The summed E-state index contributed by atoms with van der Waals surface area (Å²) < 4.78 is 2.05. The maximum absolute atomic E-state index is 13.1. The molecule has 1 amide bonds. The second kappa shape index (κ2) is 9.55.